The summed E-state index contributed by atoms with van der Waals surface area (Å²) in [4.78, 5) is 11.3. The minimum atomic E-state index is -4.23. The summed E-state index contributed by atoms with van der Waals surface area (Å²) in [6, 6.07) is 3.15. The van der Waals surface area contributed by atoms with Crippen LogP contribution in [0.4, 0.5) is 5.69 Å². The summed E-state index contributed by atoms with van der Waals surface area (Å²) < 4.78 is 25.2. The number of rotatable bonds is 4. The maximum Gasteiger partial charge on any atom is 0.330 e. The van der Waals surface area contributed by atoms with Gasteiger partial charge in [-0.3, -0.25) is 0 Å². The number of nitrogens with zero attached hydrogens (tertiary/aromatic N) is 1. The standard InChI is InChI=1S/C12H17BrN2O4S/c1-7-5-9(6-8(2)10(7)13)15(20(14,18)19)12(3,4)11(16)17/h5-6H,1-4H3,(H,16,17)(H2,14,18,19). The van der Waals surface area contributed by atoms with Crippen molar-refractivity contribution in [1.29, 1.82) is 0 Å². The van der Waals surface area contributed by atoms with Gasteiger partial charge in [0.25, 0.3) is 10.2 Å². The molecule has 0 radical (unpaired) electrons. The number of nitrogens with two attached hydrogens (primary N) is 1. The maximum absolute atomic E-state index is 11.8. The van der Waals surface area contributed by atoms with Crippen LogP contribution >= 0.6 is 15.9 Å². The normalized spacial score (nSPS) is 12.3. The van der Waals surface area contributed by atoms with Gasteiger partial charge in [-0.2, -0.15) is 8.42 Å². The highest BCUT2D eigenvalue weighted by Crippen LogP contribution is 2.32. The fourth-order valence-corrected chi connectivity index (χ4v) is 3.26. The summed E-state index contributed by atoms with van der Waals surface area (Å²) in [5, 5.41) is 14.5. The average Bonchev–Trinajstić information content (AvgIpc) is 2.23. The second-order valence-electron chi connectivity index (χ2n) is 5.07. The molecule has 0 heterocycles. The lowest BCUT2D eigenvalue weighted by molar-refractivity contribution is -0.141. The van der Waals surface area contributed by atoms with Gasteiger partial charge in [-0.25, -0.2) is 14.2 Å². The Kier molecular flexibility index (Phi) is 4.52. The Morgan fingerprint density at radius 3 is 2.00 bits per heavy atom. The lowest BCUT2D eigenvalue weighted by Crippen LogP contribution is -2.55. The van der Waals surface area contributed by atoms with Crippen molar-refractivity contribution in [2.24, 2.45) is 5.14 Å². The van der Waals surface area contributed by atoms with Crippen LogP contribution in [0, 0.1) is 13.8 Å². The van der Waals surface area contributed by atoms with Gasteiger partial charge in [-0.05, 0) is 51.0 Å². The molecule has 0 aliphatic carbocycles. The number of halogens is 1. The van der Waals surface area contributed by atoms with Gasteiger partial charge in [0.15, 0.2) is 0 Å². The van der Waals surface area contributed by atoms with E-state index in [1.165, 1.54) is 13.8 Å². The Morgan fingerprint density at radius 2 is 1.70 bits per heavy atom. The third-order valence-corrected chi connectivity index (χ3v) is 5.37. The fourth-order valence-electron chi connectivity index (χ4n) is 1.91. The Balaban J connectivity index is 3.61. The van der Waals surface area contributed by atoms with Gasteiger partial charge in [0.2, 0.25) is 0 Å². The Labute approximate surface area is 126 Å². The van der Waals surface area contributed by atoms with Gasteiger partial charge in [0.1, 0.15) is 5.54 Å². The molecule has 0 aliphatic heterocycles. The van der Waals surface area contributed by atoms with Crippen molar-refractivity contribution in [2.45, 2.75) is 33.2 Å². The molecule has 8 heteroatoms. The predicted octanol–water partition coefficient (Wildman–Crippen LogP) is 1.94. The van der Waals surface area contributed by atoms with Crippen molar-refractivity contribution in [2.75, 3.05) is 4.31 Å². The molecular formula is C12H17BrN2O4S. The van der Waals surface area contributed by atoms with Crippen LogP contribution in [0.25, 0.3) is 0 Å². The highest BCUT2D eigenvalue weighted by atomic mass is 79.9. The van der Waals surface area contributed by atoms with Crippen molar-refractivity contribution in [1.82, 2.24) is 0 Å². The smallest absolute Gasteiger partial charge is 0.330 e. The molecule has 0 spiro atoms. The first-order valence-electron chi connectivity index (χ1n) is 5.72. The minimum absolute atomic E-state index is 0.220. The van der Waals surface area contributed by atoms with Crippen molar-refractivity contribution >= 4 is 37.8 Å². The fraction of sp³-hybridized carbons (Fsp3) is 0.417. The molecule has 0 atom stereocenters. The van der Waals surface area contributed by atoms with E-state index >= 15 is 0 Å². The summed E-state index contributed by atoms with van der Waals surface area (Å²) in [6.45, 7) is 6.14. The molecule has 0 amide bonds. The van der Waals surface area contributed by atoms with Crippen LogP contribution in [0.2, 0.25) is 0 Å². The van der Waals surface area contributed by atoms with E-state index in [-0.39, 0.29) is 5.69 Å². The predicted molar refractivity (Wildman–Crippen MR) is 80.9 cm³/mol. The maximum atomic E-state index is 11.8. The molecule has 0 saturated carbocycles. The molecule has 3 N–H and O–H groups in total. The molecule has 0 aromatic heterocycles. The van der Waals surface area contributed by atoms with Crippen LogP contribution in [-0.4, -0.2) is 25.0 Å². The van der Waals surface area contributed by atoms with Crippen LogP contribution in [0.15, 0.2) is 16.6 Å². The van der Waals surface area contributed by atoms with Gasteiger partial charge in [-0.15, -0.1) is 0 Å². The van der Waals surface area contributed by atoms with Gasteiger partial charge in [0.05, 0.1) is 5.69 Å². The van der Waals surface area contributed by atoms with Crippen LogP contribution in [0.1, 0.15) is 25.0 Å². The molecule has 1 aromatic carbocycles. The molecule has 1 aromatic rings. The molecule has 0 bridgehead atoms. The first-order chi connectivity index (χ1) is 8.89. The number of carboxylic acids is 1. The molecule has 0 unspecified atom stereocenters. The molecule has 0 fully saturated rings. The number of hydrogen-bond acceptors (Lipinski definition) is 3. The van der Waals surface area contributed by atoms with E-state index in [1.54, 1.807) is 26.0 Å². The second kappa shape index (κ2) is 5.34. The molecule has 20 heavy (non-hydrogen) atoms. The van der Waals surface area contributed by atoms with E-state index < -0.39 is 21.7 Å². The monoisotopic (exact) mass is 364 g/mol. The van der Waals surface area contributed by atoms with Gasteiger partial charge in [-0.1, -0.05) is 15.9 Å². The van der Waals surface area contributed by atoms with E-state index in [4.69, 9.17) is 5.14 Å². The summed E-state index contributed by atoms with van der Waals surface area (Å²) in [5.41, 5.74) is 0.100. The molecular weight excluding hydrogens is 348 g/mol. The van der Waals surface area contributed by atoms with E-state index in [0.29, 0.717) is 0 Å². The van der Waals surface area contributed by atoms with Crippen LogP contribution in [0.5, 0.6) is 0 Å². The van der Waals surface area contributed by atoms with Gasteiger partial charge < -0.3 is 5.11 Å². The quantitative estimate of drug-likeness (QED) is 0.852. The topological polar surface area (TPSA) is 101 Å². The van der Waals surface area contributed by atoms with E-state index in [2.05, 4.69) is 15.9 Å². The summed E-state index contributed by atoms with van der Waals surface area (Å²) in [7, 11) is -4.23. The van der Waals surface area contributed by atoms with E-state index in [9.17, 15) is 18.3 Å². The zero-order valence-corrected chi connectivity index (χ0v) is 14.0. The number of benzene rings is 1. The van der Waals surface area contributed by atoms with E-state index in [1.807, 2.05) is 0 Å². The number of aryl methyl sites for hydroxylation is 2. The number of carboxylic acid groups (broad SMARTS) is 1. The lowest BCUT2D eigenvalue weighted by Gasteiger charge is -2.34. The molecule has 6 nitrogen and oxygen atoms in total. The molecule has 1 rings (SSSR count). The molecule has 0 saturated heterocycles. The zero-order chi connectivity index (χ0) is 15.9. The third kappa shape index (κ3) is 3.13. The molecule has 0 aliphatic rings. The first-order valence-corrected chi connectivity index (χ1v) is 8.02. The van der Waals surface area contributed by atoms with Crippen molar-refractivity contribution < 1.29 is 18.3 Å². The lowest BCUT2D eigenvalue weighted by atomic mass is 10.0. The van der Waals surface area contributed by atoms with Crippen LogP contribution in [-0.2, 0) is 15.0 Å². The zero-order valence-electron chi connectivity index (χ0n) is 11.6. The number of hydrogen-bond donors (Lipinski definition) is 2. The van der Waals surface area contributed by atoms with Crippen LogP contribution in [0.3, 0.4) is 0 Å². The number of carbonyl (C=O) groups is 1. The second-order valence-corrected chi connectivity index (χ2v) is 7.26. The summed E-state index contributed by atoms with van der Waals surface area (Å²) >= 11 is 3.38. The average molecular weight is 365 g/mol. The molecule has 112 valence electrons. The summed E-state index contributed by atoms with van der Waals surface area (Å²) in [5.74, 6) is -1.29. The third-order valence-electron chi connectivity index (χ3n) is 2.94. The van der Waals surface area contributed by atoms with Crippen molar-refractivity contribution in [3.63, 3.8) is 0 Å². The largest absolute Gasteiger partial charge is 0.479 e. The Hall–Kier alpha value is -1.12. The number of aliphatic carboxylic acids is 1. The van der Waals surface area contributed by atoms with Crippen molar-refractivity contribution in [3.8, 4) is 0 Å². The SMILES string of the molecule is Cc1cc(N(C(C)(C)C(=O)O)S(N)(=O)=O)cc(C)c1Br. The summed E-state index contributed by atoms with van der Waals surface area (Å²) in [6.07, 6.45) is 0. The van der Waals surface area contributed by atoms with Crippen molar-refractivity contribution in [3.05, 3.63) is 27.7 Å². The Bertz CT molecular complexity index is 632. The highest BCUT2D eigenvalue weighted by Gasteiger charge is 2.41. The van der Waals surface area contributed by atoms with E-state index in [0.717, 1.165) is 19.9 Å². The highest BCUT2D eigenvalue weighted by molar-refractivity contribution is 9.10. The Morgan fingerprint density at radius 1 is 1.30 bits per heavy atom. The first kappa shape index (κ1) is 16.9. The number of anilines is 1. The van der Waals surface area contributed by atoms with Gasteiger partial charge in [0, 0.05) is 4.47 Å². The van der Waals surface area contributed by atoms with Crippen LogP contribution < -0.4 is 9.44 Å². The van der Waals surface area contributed by atoms with Gasteiger partial charge >= 0.3 is 5.97 Å². The minimum Gasteiger partial charge on any atom is -0.479 e.